The summed E-state index contributed by atoms with van der Waals surface area (Å²) in [6, 6.07) is 94.9. The van der Waals surface area contributed by atoms with Crippen LogP contribution in [0.15, 0.2) is 353 Å². The van der Waals surface area contributed by atoms with Crippen molar-refractivity contribution in [3.8, 4) is 56.4 Å². The van der Waals surface area contributed by atoms with Crippen LogP contribution in [0.3, 0.4) is 0 Å². The van der Waals surface area contributed by atoms with Crippen molar-refractivity contribution in [2.24, 2.45) is 5.92 Å². The predicted molar refractivity (Wildman–Crippen MR) is 440 cm³/mol. The fraction of sp³-hybridized carbons (Fsp3) is 0.0485. The third kappa shape index (κ3) is 10.6. The Hall–Kier alpha value is -14.1. The van der Waals surface area contributed by atoms with Gasteiger partial charge in [-0.15, -0.1) is 0 Å². The highest BCUT2D eigenvalue weighted by molar-refractivity contribution is 5.95. The molecule has 115 heavy (non-hydrogen) atoms. The van der Waals surface area contributed by atoms with E-state index in [2.05, 4.69) is 37.4 Å². The molecule has 1 spiro atoms. The van der Waals surface area contributed by atoms with E-state index >= 15 is 35.1 Å². The monoisotopic (exact) mass is 1510 g/mol. The Kier molecular flexibility index (Phi) is 16.5. The molecule has 0 aliphatic heterocycles. The van der Waals surface area contributed by atoms with Crippen LogP contribution in [0.25, 0.3) is 45.5 Å². The number of fused-ring (bicyclic) bond motifs is 16. The van der Waals surface area contributed by atoms with Gasteiger partial charge in [-0.25, -0.2) is 35.1 Å². The number of allylic oxidation sites excluding steroid dienone is 4. The van der Waals surface area contributed by atoms with Gasteiger partial charge < -0.3 is 19.3 Å². The lowest BCUT2D eigenvalue weighted by Crippen LogP contribution is -2.33. The minimum Gasteiger partial charge on any atom is -0.457 e. The zero-order chi connectivity index (χ0) is 78.2. The molecule has 15 aromatic carbocycles. The molecule has 15 aromatic rings. The number of hydrogen-bond donors (Lipinski definition) is 0. The molecule has 5 unspecified atom stereocenters. The summed E-state index contributed by atoms with van der Waals surface area (Å²) in [5, 5.41) is 0. The third-order valence-electron chi connectivity index (χ3n) is 24.0. The van der Waals surface area contributed by atoms with E-state index in [1.54, 1.807) is 46.2 Å². The zero-order valence-corrected chi connectivity index (χ0v) is 61.3. The summed E-state index contributed by atoms with van der Waals surface area (Å²) in [5.74, 6) is -8.25. The SMILES string of the molecule is C=Cc1ccc(Oc2ccc(C3(c4ccc(F)cc4)c4ccccc4-c4ccc(N(c5ccc6c(c5)C5(c7ccccc7-6)c6cc(N(c7ccc8c(c7)C(c7ccc(F)cc7)(c7ccc(Oc9ccc(C=C)cc9)cc7)c7ccccc7-8)c7ccc(F)c(F)c7F)ccc6C6C=CC=CC65)c5ccc(F)c(F)c5F)cc43)cc2)cc1. The smallest absolute Gasteiger partial charge is 0.196 e. The molecule has 4 nitrogen and oxygen atoms in total. The van der Waals surface area contributed by atoms with Crippen LogP contribution in [0.2, 0.25) is 0 Å². The number of anilines is 6. The van der Waals surface area contributed by atoms with Crippen molar-refractivity contribution in [1.82, 2.24) is 0 Å². The fourth-order valence-corrected chi connectivity index (χ4v) is 19.1. The van der Waals surface area contributed by atoms with Gasteiger partial charge in [0, 0.05) is 34.6 Å². The normalized spacial score (nSPS) is 17.8. The van der Waals surface area contributed by atoms with Crippen LogP contribution in [-0.2, 0) is 16.2 Å². The summed E-state index contributed by atoms with van der Waals surface area (Å²) in [4.78, 5) is 3.22. The Morgan fingerprint density at radius 2 is 0.635 bits per heavy atom. The van der Waals surface area contributed by atoms with Crippen LogP contribution in [0.4, 0.5) is 69.2 Å². The standard InChI is InChI=1S/C103H64F8N2O2/c1-3-61-21-41-73(42-22-61)114-75-45-29-65(30-46-75)101(63-25-33-67(104)34-26-63)85-17-9-5-13-77(85)81-49-37-69(57-89(81)101)112(95-55-53-93(106)97(108)99(95)110)71-39-51-83-79-15-7-11-19-87(79)103(91(83)59-71)88-20-12-8-16-80(88)84-52-40-72(60-92(84)103)113(96-56-54-94(107)98(109)100(96)111)70-38-50-82-78-14-6-10-18-86(78)102(90(82)58-70,64-27-35-68(105)36-28-64)66-31-47-76(48-32-66)115-74-43-23-62(4-2)24-44-74/h3-60,79,87H,1-2H2. The van der Waals surface area contributed by atoms with Gasteiger partial charge in [-0.1, -0.05) is 219 Å². The molecule has 0 bridgehead atoms. The van der Waals surface area contributed by atoms with Gasteiger partial charge in [0.1, 0.15) is 34.6 Å². The third-order valence-corrected chi connectivity index (χ3v) is 24.0. The summed E-state index contributed by atoms with van der Waals surface area (Å²) >= 11 is 0. The van der Waals surface area contributed by atoms with Crippen molar-refractivity contribution in [1.29, 1.82) is 0 Å². The number of benzene rings is 15. The van der Waals surface area contributed by atoms with Gasteiger partial charge in [-0.3, -0.25) is 0 Å². The largest absolute Gasteiger partial charge is 0.457 e. The number of halogens is 8. The maximum Gasteiger partial charge on any atom is 0.196 e. The van der Waals surface area contributed by atoms with Crippen LogP contribution >= 0.6 is 0 Å². The second-order valence-corrected chi connectivity index (χ2v) is 29.6. The lowest BCUT2D eigenvalue weighted by Gasteiger charge is -2.37. The number of nitrogens with zero attached hydrogens (tertiary/aromatic N) is 2. The van der Waals surface area contributed by atoms with E-state index in [0.29, 0.717) is 56.9 Å². The Balaban J connectivity index is 0.780. The van der Waals surface area contributed by atoms with Gasteiger partial charge >= 0.3 is 0 Å². The van der Waals surface area contributed by atoms with Crippen LogP contribution in [0.5, 0.6) is 23.0 Å². The molecule has 0 radical (unpaired) electrons. The van der Waals surface area contributed by atoms with E-state index in [1.165, 1.54) is 36.4 Å². The van der Waals surface area contributed by atoms with E-state index in [4.69, 9.17) is 9.47 Å². The molecule has 0 aromatic heterocycles. The van der Waals surface area contributed by atoms with Gasteiger partial charge in [-0.2, -0.15) is 0 Å². The number of rotatable bonds is 16. The van der Waals surface area contributed by atoms with E-state index < -0.39 is 62.8 Å². The lowest BCUT2D eigenvalue weighted by atomic mass is 9.65. The summed E-state index contributed by atoms with van der Waals surface area (Å²) in [6.07, 6.45) is 11.9. The van der Waals surface area contributed by atoms with Crippen molar-refractivity contribution in [3.05, 3.63) is 477 Å². The van der Waals surface area contributed by atoms with Crippen molar-refractivity contribution in [3.63, 3.8) is 0 Å². The van der Waals surface area contributed by atoms with Crippen molar-refractivity contribution < 1.29 is 44.6 Å². The second kappa shape index (κ2) is 27.1. The van der Waals surface area contributed by atoms with E-state index in [1.807, 2.05) is 243 Å². The molecule has 554 valence electrons. The minimum atomic E-state index is -1.68. The molecule has 0 amide bonds. The Bertz CT molecular complexity index is 6580. The zero-order valence-electron chi connectivity index (χ0n) is 61.3. The predicted octanol–water partition coefficient (Wildman–Crippen LogP) is 27.5. The van der Waals surface area contributed by atoms with Gasteiger partial charge in [0.15, 0.2) is 34.9 Å². The molecule has 0 fully saturated rings. The van der Waals surface area contributed by atoms with Gasteiger partial charge in [0.05, 0.1) is 27.6 Å². The Labute approximate surface area is 658 Å². The highest BCUT2D eigenvalue weighted by atomic mass is 19.2. The van der Waals surface area contributed by atoms with E-state index in [9.17, 15) is 0 Å². The highest BCUT2D eigenvalue weighted by Crippen LogP contribution is 2.68. The first-order valence-electron chi connectivity index (χ1n) is 37.8. The van der Waals surface area contributed by atoms with Crippen LogP contribution < -0.4 is 19.3 Å². The summed E-state index contributed by atoms with van der Waals surface area (Å²) in [7, 11) is 0. The first-order chi connectivity index (χ1) is 56.2. The summed E-state index contributed by atoms with van der Waals surface area (Å²) < 4.78 is 143. The van der Waals surface area contributed by atoms with E-state index in [0.717, 1.165) is 112 Å². The first-order valence-corrected chi connectivity index (χ1v) is 37.8. The molecule has 5 atom stereocenters. The molecule has 0 saturated heterocycles. The van der Waals surface area contributed by atoms with Gasteiger partial charge in [0.2, 0.25) is 0 Å². The van der Waals surface area contributed by atoms with Crippen molar-refractivity contribution in [2.75, 3.05) is 9.80 Å². The van der Waals surface area contributed by atoms with Crippen LogP contribution in [0.1, 0.15) is 83.8 Å². The quantitative estimate of drug-likeness (QED) is 0.0711. The van der Waals surface area contributed by atoms with E-state index in [-0.39, 0.29) is 23.2 Å². The van der Waals surface area contributed by atoms with Crippen molar-refractivity contribution >= 4 is 46.3 Å². The molecule has 0 heterocycles. The molecule has 12 heteroatoms. The maximum absolute atomic E-state index is 17.7. The van der Waals surface area contributed by atoms with Crippen LogP contribution in [-0.4, -0.2) is 0 Å². The van der Waals surface area contributed by atoms with Crippen LogP contribution in [0, 0.1) is 52.5 Å². The molecule has 0 N–H and O–H groups in total. The molecule has 0 saturated carbocycles. The molecule has 5 aliphatic rings. The molecule has 20 rings (SSSR count). The molecular formula is C103H64F8N2O2. The lowest BCUT2D eigenvalue weighted by molar-refractivity contribution is 0.448. The minimum absolute atomic E-state index is 0.295. The second-order valence-electron chi connectivity index (χ2n) is 29.6. The van der Waals surface area contributed by atoms with Gasteiger partial charge in [0.25, 0.3) is 0 Å². The molecular weight excluding hydrogens is 1450 g/mol. The molecule has 5 aliphatic carbocycles. The van der Waals surface area contributed by atoms with Crippen molar-refractivity contribution in [2.45, 2.75) is 22.2 Å². The summed E-state index contributed by atoms with van der Waals surface area (Å²) in [5.41, 5.74) is 13.9. The van der Waals surface area contributed by atoms with Gasteiger partial charge in [-0.05, 0) is 257 Å². The Morgan fingerprint density at radius 1 is 0.296 bits per heavy atom. The first kappa shape index (κ1) is 70.0. The number of ether oxygens (including phenoxy) is 2. The Morgan fingerprint density at radius 3 is 1.06 bits per heavy atom. The summed E-state index contributed by atoms with van der Waals surface area (Å²) in [6.45, 7) is 7.77. The number of hydrogen-bond acceptors (Lipinski definition) is 4. The fourth-order valence-electron chi connectivity index (χ4n) is 19.1. The average Bonchev–Trinajstić information content (AvgIpc) is 1.50. The topological polar surface area (TPSA) is 24.9 Å². The highest BCUT2D eigenvalue weighted by Gasteiger charge is 2.58. The maximum atomic E-state index is 17.7. The average molecular weight is 1510 g/mol.